The fourth-order valence-corrected chi connectivity index (χ4v) is 1.88. The zero-order valence-electron chi connectivity index (χ0n) is 17.1. The fourth-order valence-electron chi connectivity index (χ4n) is 1.88. The van der Waals surface area contributed by atoms with Crippen LogP contribution < -0.4 is 11.1 Å². The van der Waals surface area contributed by atoms with Gasteiger partial charge in [0.2, 0.25) is 0 Å². The Morgan fingerprint density at radius 2 is 1.57 bits per heavy atom. The van der Waals surface area contributed by atoms with Gasteiger partial charge in [-0.2, -0.15) is 0 Å². The number of para-hydroxylation sites is 1. The second-order valence-electron chi connectivity index (χ2n) is 5.77. The molecule has 148 valence electrons. The second kappa shape index (κ2) is 15.8. The van der Waals surface area contributed by atoms with Crippen LogP contribution in [0.2, 0.25) is 0 Å². The molecular formula is C24H32N4. The number of hydrogen-bond acceptors (Lipinski definition) is 4. The second-order valence-corrected chi connectivity index (χ2v) is 5.77. The summed E-state index contributed by atoms with van der Waals surface area (Å²) in [7, 11) is 1.89. The summed E-state index contributed by atoms with van der Waals surface area (Å²) >= 11 is 0. The largest absolute Gasteiger partial charge is 0.399 e. The van der Waals surface area contributed by atoms with Crippen LogP contribution in [0.4, 0.5) is 5.69 Å². The first kappa shape index (κ1) is 24.6. The molecular weight excluding hydrogens is 344 g/mol. The highest BCUT2D eigenvalue weighted by Gasteiger charge is 1.99. The number of anilines is 1. The standard InChI is InChI=1S/C10H12N2.C8H13N.C6H7N/c1-8(11)10(12)7-9-5-3-2-4-6-9;1-4-6-7-8(5-2)9-3;7-6-4-2-1-3-5-6/h2-6,11-12H,7H2,1H3;4-7,9H,1H2,2-3H3;1-5H,7H2/b;7-6-,8-5+;. The summed E-state index contributed by atoms with van der Waals surface area (Å²) in [5.41, 5.74) is 9.11. The van der Waals surface area contributed by atoms with Crippen molar-refractivity contribution >= 4 is 17.1 Å². The van der Waals surface area contributed by atoms with E-state index in [9.17, 15) is 0 Å². The maximum absolute atomic E-state index is 7.46. The van der Waals surface area contributed by atoms with Crippen LogP contribution in [0.15, 0.2) is 97.2 Å². The van der Waals surface area contributed by atoms with Gasteiger partial charge in [-0.05, 0) is 37.6 Å². The van der Waals surface area contributed by atoms with Crippen LogP contribution in [0.1, 0.15) is 19.4 Å². The molecule has 2 rings (SSSR count). The number of nitrogens with one attached hydrogen (secondary N) is 3. The highest BCUT2D eigenvalue weighted by Crippen LogP contribution is 2.00. The normalized spacial score (nSPS) is 10.0. The minimum atomic E-state index is 0.346. The highest BCUT2D eigenvalue weighted by atomic mass is 14.8. The van der Waals surface area contributed by atoms with Crippen LogP contribution in [0.5, 0.6) is 0 Å². The van der Waals surface area contributed by atoms with Crippen LogP contribution in [-0.4, -0.2) is 18.5 Å². The van der Waals surface area contributed by atoms with Crippen molar-refractivity contribution in [2.24, 2.45) is 0 Å². The molecule has 0 saturated carbocycles. The third-order valence-corrected chi connectivity index (χ3v) is 3.49. The van der Waals surface area contributed by atoms with Gasteiger partial charge in [-0.25, -0.2) is 0 Å². The highest BCUT2D eigenvalue weighted by molar-refractivity contribution is 6.39. The minimum absolute atomic E-state index is 0.346. The summed E-state index contributed by atoms with van der Waals surface area (Å²) in [6.45, 7) is 7.19. The topological polar surface area (TPSA) is 85.8 Å². The van der Waals surface area contributed by atoms with Crippen molar-refractivity contribution in [3.8, 4) is 0 Å². The number of nitrogen functional groups attached to an aromatic ring is 1. The van der Waals surface area contributed by atoms with Crippen LogP contribution in [0.25, 0.3) is 0 Å². The van der Waals surface area contributed by atoms with Crippen molar-refractivity contribution < 1.29 is 0 Å². The lowest BCUT2D eigenvalue weighted by atomic mass is 10.1. The van der Waals surface area contributed by atoms with Gasteiger partial charge in [0, 0.05) is 30.6 Å². The van der Waals surface area contributed by atoms with Gasteiger partial charge in [-0.15, -0.1) is 0 Å². The van der Waals surface area contributed by atoms with E-state index < -0.39 is 0 Å². The molecule has 0 aliphatic heterocycles. The average Bonchev–Trinajstić information content (AvgIpc) is 2.71. The summed E-state index contributed by atoms with van der Waals surface area (Å²) in [6.07, 6.45) is 8.18. The van der Waals surface area contributed by atoms with Crippen molar-refractivity contribution in [3.05, 3.63) is 103 Å². The van der Waals surface area contributed by atoms with Crippen molar-refractivity contribution in [2.75, 3.05) is 12.8 Å². The molecule has 4 heteroatoms. The van der Waals surface area contributed by atoms with E-state index in [0.717, 1.165) is 16.9 Å². The van der Waals surface area contributed by atoms with E-state index in [4.69, 9.17) is 16.6 Å². The summed E-state index contributed by atoms with van der Waals surface area (Å²) in [4.78, 5) is 0. The van der Waals surface area contributed by atoms with Gasteiger partial charge in [0.1, 0.15) is 0 Å². The van der Waals surface area contributed by atoms with Crippen LogP contribution in [0.3, 0.4) is 0 Å². The summed E-state index contributed by atoms with van der Waals surface area (Å²) < 4.78 is 0. The molecule has 0 saturated heterocycles. The van der Waals surface area contributed by atoms with E-state index >= 15 is 0 Å². The molecule has 0 heterocycles. The Labute approximate surface area is 169 Å². The SMILES string of the molecule is C=C/C=C\C(=C/C)NC.CC(=N)C(=N)Cc1ccccc1.Nc1ccccc1. The number of likely N-dealkylation sites (N-methyl/N-ethyl adjacent to an activating group) is 1. The van der Waals surface area contributed by atoms with Gasteiger partial charge < -0.3 is 21.9 Å². The Morgan fingerprint density at radius 3 is 1.93 bits per heavy atom. The van der Waals surface area contributed by atoms with Gasteiger partial charge in [0.15, 0.2) is 0 Å². The van der Waals surface area contributed by atoms with Gasteiger partial charge in [-0.3, -0.25) is 0 Å². The fraction of sp³-hybridized carbons (Fsp3) is 0.167. The third kappa shape index (κ3) is 12.9. The van der Waals surface area contributed by atoms with Crippen LogP contribution in [0, 0.1) is 10.8 Å². The van der Waals surface area contributed by atoms with Gasteiger partial charge in [0.05, 0.1) is 5.71 Å². The minimum Gasteiger partial charge on any atom is -0.399 e. The van der Waals surface area contributed by atoms with E-state index in [1.165, 1.54) is 0 Å². The summed E-state index contributed by atoms with van der Waals surface area (Å²) in [6, 6.07) is 19.3. The first-order chi connectivity index (χ1) is 13.4. The number of nitrogens with two attached hydrogens (primary N) is 1. The maximum Gasteiger partial charge on any atom is 0.0562 e. The monoisotopic (exact) mass is 376 g/mol. The predicted molar refractivity (Wildman–Crippen MR) is 124 cm³/mol. The molecule has 0 aliphatic carbocycles. The van der Waals surface area contributed by atoms with E-state index in [1.54, 1.807) is 13.0 Å². The molecule has 0 spiro atoms. The molecule has 2 aromatic carbocycles. The molecule has 0 aromatic heterocycles. The van der Waals surface area contributed by atoms with Crippen molar-refractivity contribution in [1.29, 1.82) is 10.8 Å². The Morgan fingerprint density at radius 1 is 1.04 bits per heavy atom. The first-order valence-electron chi connectivity index (χ1n) is 9.05. The number of rotatable bonds is 6. The molecule has 0 atom stereocenters. The lowest BCUT2D eigenvalue weighted by Gasteiger charge is -2.00. The molecule has 28 heavy (non-hydrogen) atoms. The lowest BCUT2D eigenvalue weighted by molar-refractivity contribution is 1.03. The zero-order valence-corrected chi connectivity index (χ0v) is 17.1. The van der Waals surface area contributed by atoms with E-state index in [2.05, 4.69) is 11.9 Å². The zero-order chi connectivity index (χ0) is 21.2. The Kier molecular flexibility index (Phi) is 13.9. The van der Waals surface area contributed by atoms with E-state index in [-0.39, 0.29) is 0 Å². The third-order valence-electron chi connectivity index (χ3n) is 3.49. The number of allylic oxidation sites excluding steroid dienone is 4. The number of benzene rings is 2. The van der Waals surface area contributed by atoms with Crippen LogP contribution in [-0.2, 0) is 6.42 Å². The Hall–Kier alpha value is -3.40. The quantitative estimate of drug-likeness (QED) is 0.309. The molecule has 0 fully saturated rings. The molecule has 2 aromatic rings. The average molecular weight is 377 g/mol. The first-order valence-corrected chi connectivity index (χ1v) is 9.05. The van der Waals surface area contributed by atoms with E-state index in [1.807, 2.05) is 92.9 Å². The maximum atomic E-state index is 7.46. The molecule has 0 bridgehead atoms. The van der Waals surface area contributed by atoms with Crippen molar-refractivity contribution in [3.63, 3.8) is 0 Å². The molecule has 0 aliphatic rings. The van der Waals surface area contributed by atoms with Gasteiger partial charge >= 0.3 is 0 Å². The molecule has 0 amide bonds. The molecule has 5 N–H and O–H groups in total. The summed E-state index contributed by atoms with van der Waals surface area (Å²) in [5.74, 6) is 0. The van der Waals surface area contributed by atoms with Gasteiger partial charge in [0.25, 0.3) is 0 Å². The predicted octanol–water partition coefficient (Wildman–Crippen LogP) is 5.41. The summed E-state index contributed by atoms with van der Waals surface area (Å²) in [5, 5.41) is 17.7. The Bertz CT molecular complexity index is 760. The van der Waals surface area contributed by atoms with Gasteiger partial charge in [-0.1, -0.05) is 73.3 Å². The Balaban J connectivity index is 0.000000406. The molecule has 0 radical (unpaired) electrons. The van der Waals surface area contributed by atoms with Crippen molar-refractivity contribution in [1.82, 2.24) is 5.32 Å². The molecule has 4 nitrogen and oxygen atoms in total. The van der Waals surface area contributed by atoms with Crippen LogP contribution >= 0.6 is 0 Å². The molecule has 0 unspecified atom stereocenters. The van der Waals surface area contributed by atoms with Crippen molar-refractivity contribution in [2.45, 2.75) is 20.3 Å². The number of hydrogen-bond donors (Lipinski definition) is 4. The van der Waals surface area contributed by atoms with E-state index in [0.29, 0.717) is 17.8 Å². The smallest absolute Gasteiger partial charge is 0.0562 e. The lowest BCUT2D eigenvalue weighted by Crippen LogP contribution is -2.10.